The highest BCUT2D eigenvalue weighted by atomic mass is 16.5. The molecule has 0 saturated carbocycles. The molecule has 2 aromatic rings. The van der Waals surface area contributed by atoms with E-state index in [1.165, 1.54) is 0 Å². The fourth-order valence-electron chi connectivity index (χ4n) is 1.88. The van der Waals surface area contributed by atoms with Gasteiger partial charge in [-0.05, 0) is 28.8 Å². The molecule has 2 rings (SSSR count). The molecule has 0 fully saturated rings. The summed E-state index contributed by atoms with van der Waals surface area (Å²) < 4.78 is 5.10. The van der Waals surface area contributed by atoms with Gasteiger partial charge in [-0.1, -0.05) is 36.4 Å². The quantitative estimate of drug-likeness (QED) is 0.817. The molecule has 0 heterocycles. The van der Waals surface area contributed by atoms with Crippen LogP contribution in [0.3, 0.4) is 0 Å². The minimum absolute atomic E-state index is 0.0811. The van der Waals surface area contributed by atoms with E-state index in [1.807, 2.05) is 42.5 Å². The fraction of sp³-hybridized carbons (Fsp3) is 0.133. The molecule has 0 aromatic heterocycles. The van der Waals surface area contributed by atoms with E-state index in [4.69, 9.17) is 4.74 Å². The lowest BCUT2D eigenvalue weighted by Crippen LogP contribution is -2.24. The first kappa shape index (κ1) is 12.2. The van der Waals surface area contributed by atoms with Crippen LogP contribution in [0, 0.1) is 0 Å². The SMILES string of the molecule is COc1ccc(-c2ccccc2CC(=O)[O-])cc1. The molecule has 92 valence electrons. The molecule has 0 saturated heterocycles. The van der Waals surface area contributed by atoms with E-state index < -0.39 is 5.97 Å². The van der Waals surface area contributed by atoms with Gasteiger partial charge < -0.3 is 14.6 Å². The van der Waals surface area contributed by atoms with E-state index in [2.05, 4.69) is 0 Å². The number of benzene rings is 2. The van der Waals surface area contributed by atoms with Crippen LogP contribution in [0.1, 0.15) is 5.56 Å². The van der Waals surface area contributed by atoms with Crippen LogP contribution >= 0.6 is 0 Å². The monoisotopic (exact) mass is 241 g/mol. The van der Waals surface area contributed by atoms with E-state index in [0.717, 1.165) is 22.4 Å². The van der Waals surface area contributed by atoms with Crippen molar-refractivity contribution in [1.29, 1.82) is 0 Å². The minimum Gasteiger partial charge on any atom is -0.550 e. The summed E-state index contributed by atoms with van der Waals surface area (Å²) in [6.07, 6.45) is -0.0811. The second-order valence-corrected chi connectivity index (χ2v) is 3.93. The van der Waals surface area contributed by atoms with Gasteiger partial charge in [0.25, 0.3) is 0 Å². The number of hydrogen-bond acceptors (Lipinski definition) is 3. The lowest BCUT2D eigenvalue weighted by molar-refractivity contribution is -0.304. The number of carbonyl (C=O) groups excluding carboxylic acids is 1. The predicted octanol–water partition coefficient (Wildman–Crippen LogP) is 1.65. The van der Waals surface area contributed by atoms with Crippen molar-refractivity contribution in [2.24, 2.45) is 0 Å². The van der Waals surface area contributed by atoms with E-state index in [9.17, 15) is 9.90 Å². The Morgan fingerprint density at radius 2 is 1.78 bits per heavy atom. The number of methoxy groups -OCH3 is 1. The van der Waals surface area contributed by atoms with Gasteiger partial charge in [-0.2, -0.15) is 0 Å². The minimum atomic E-state index is -1.07. The highest BCUT2D eigenvalue weighted by Crippen LogP contribution is 2.25. The summed E-state index contributed by atoms with van der Waals surface area (Å²) in [7, 11) is 1.61. The Bertz CT molecular complexity index is 544. The zero-order chi connectivity index (χ0) is 13.0. The Morgan fingerprint density at radius 3 is 2.39 bits per heavy atom. The Kier molecular flexibility index (Phi) is 3.63. The molecule has 0 aliphatic carbocycles. The molecule has 0 unspecified atom stereocenters. The predicted molar refractivity (Wildman–Crippen MR) is 67.1 cm³/mol. The topological polar surface area (TPSA) is 49.4 Å². The number of carboxylic acid groups (broad SMARTS) is 1. The highest BCUT2D eigenvalue weighted by molar-refractivity contribution is 5.75. The second kappa shape index (κ2) is 5.36. The van der Waals surface area contributed by atoms with E-state index in [0.29, 0.717) is 0 Å². The first-order valence-corrected chi connectivity index (χ1v) is 5.63. The largest absolute Gasteiger partial charge is 0.550 e. The van der Waals surface area contributed by atoms with Crippen LogP contribution in [0.5, 0.6) is 5.75 Å². The second-order valence-electron chi connectivity index (χ2n) is 3.93. The van der Waals surface area contributed by atoms with Crippen LogP contribution in [0.25, 0.3) is 11.1 Å². The summed E-state index contributed by atoms with van der Waals surface area (Å²) in [5.41, 5.74) is 2.62. The van der Waals surface area contributed by atoms with Crippen molar-refractivity contribution < 1.29 is 14.6 Å². The van der Waals surface area contributed by atoms with Gasteiger partial charge in [0.15, 0.2) is 0 Å². The molecule has 0 aliphatic rings. The van der Waals surface area contributed by atoms with Crippen molar-refractivity contribution in [3.8, 4) is 16.9 Å². The number of hydrogen-bond donors (Lipinski definition) is 0. The van der Waals surface area contributed by atoms with Crippen molar-refractivity contribution >= 4 is 5.97 Å². The number of ether oxygens (including phenoxy) is 1. The lowest BCUT2D eigenvalue weighted by Gasteiger charge is -2.10. The van der Waals surface area contributed by atoms with Crippen LogP contribution in [0.4, 0.5) is 0 Å². The molecule has 0 aliphatic heterocycles. The van der Waals surface area contributed by atoms with Gasteiger partial charge in [-0.15, -0.1) is 0 Å². The van der Waals surface area contributed by atoms with Crippen molar-refractivity contribution in [3.63, 3.8) is 0 Å². The van der Waals surface area contributed by atoms with E-state index >= 15 is 0 Å². The third-order valence-corrected chi connectivity index (χ3v) is 2.75. The van der Waals surface area contributed by atoms with Gasteiger partial charge in [0.1, 0.15) is 5.75 Å². The van der Waals surface area contributed by atoms with Crippen molar-refractivity contribution in [2.45, 2.75) is 6.42 Å². The number of carbonyl (C=O) groups is 1. The van der Waals surface area contributed by atoms with Gasteiger partial charge in [0.05, 0.1) is 7.11 Å². The van der Waals surface area contributed by atoms with Gasteiger partial charge in [0, 0.05) is 12.4 Å². The molecule has 0 atom stereocenters. The van der Waals surface area contributed by atoms with E-state index in [-0.39, 0.29) is 6.42 Å². The molecule has 0 bridgehead atoms. The molecule has 0 spiro atoms. The van der Waals surface area contributed by atoms with Crippen molar-refractivity contribution in [3.05, 3.63) is 54.1 Å². The molecule has 3 heteroatoms. The van der Waals surface area contributed by atoms with E-state index in [1.54, 1.807) is 13.2 Å². The van der Waals surface area contributed by atoms with Crippen molar-refractivity contribution in [1.82, 2.24) is 0 Å². The maximum Gasteiger partial charge on any atom is 0.118 e. The zero-order valence-electron chi connectivity index (χ0n) is 10.1. The molecule has 2 aromatic carbocycles. The average Bonchev–Trinajstić information content (AvgIpc) is 2.39. The van der Waals surface area contributed by atoms with Gasteiger partial charge in [0.2, 0.25) is 0 Å². The molecule has 0 radical (unpaired) electrons. The zero-order valence-corrected chi connectivity index (χ0v) is 10.1. The Hall–Kier alpha value is -2.29. The first-order valence-electron chi connectivity index (χ1n) is 5.63. The third-order valence-electron chi connectivity index (χ3n) is 2.75. The maximum absolute atomic E-state index is 10.7. The fourth-order valence-corrected chi connectivity index (χ4v) is 1.88. The van der Waals surface area contributed by atoms with Crippen LogP contribution in [0.15, 0.2) is 48.5 Å². The Balaban J connectivity index is 2.39. The highest BCUT2D eigenvalue weighted by Gasteiger charge is 2.04. The van der Waals surface area contributed by atoms with Crippen LogP contribution < -0.4 is 9.84 Å². The smallest absolute Gasteiger partial charge is 0.118 e. The van der Waals surface area contributed by atoms with Crippen LogP contribution in [-0.4, -0.2) is 13.1 Å². The average molecular weight is 241 g/mol. The number of carboxylic acids is 1. The van der Waals surface area contributed by atoms with Gasteiger partial charge in [-0.3, -0.25) is 0 Å². The maximum atomic E-state index is 10.7. The summed E-state index contributed by atoms with van der Waals surface area (Å²) in [6, 6.07) is 14.9. The van der Waals surface area contributed by atoms with Crippen LogP contribution in [0.2, 0.25) is 0 Å². The standard InChI is InChI=1S/C15H14O3/c1-18-13-8-6-11(7-9-13)14-5-3-2-4-12(14)10-15(16)17/h2-9H,10H2,1H3,(H,16,17)/p-1. The summed E-state index contributed by atoms with van der Waals surface area (Å²) >= 11 is 0. The molecule has 0 amide bonds. The molecule has 3 nitrogen and oxygen atoms in total. The summed E-state index contributed by atoms with van der Waals surface area (Å²) in [4.78, 5) is 10.7. The summed E-state index contributed by atoms with van der Waals surface area (Å²) in [5, 5.41) is 10.7. The summed E-state index contributed by atoms with van der Waals surface area (Å²) in [5.74, 6) is -0.299. The number of rotatable bonds is 4. The van der Waals surface area contributed by atoms with Crippen LogP contribution in [-0.2, 0) is 11.2 Å². The number of aliphatic carboxylic acids is 1. The van der Waals surface area contributed by atoms with Gasteiger partial charge in [-0.25, -0.2) is 0 Å². The first-order chi connectivity index (χ1) is 8.70. The molecule has 18 heavy (non-hydrogen) atoms. The lowest BCUT2D eigenvalue weighted by atomic mass is 9.98. The Morgan fingerprint density at radius 1 is 1.11 bits per heavy atom. The Labute approximate surface area is 106 Å². The summed E-state index contributed by atoms with van der Waals surface area (Å²) in [6.45, 7) is 0. The van der Waals surface area contributed by atoms with Gasteiger partial charge >= 0.3 is 0 Å². The molecule has 0 N–H and O–H groups in total. The van der Waals surface area contributed by atoms with Crippen molar-refractivity contribution in [2.75, 3.05) is 7.11 Å². The molecular formula is C15H13O3-. The molecular weight excluding hydrogens is 228 g/mol. The third kappa shape index (κ3) is 2.69. The normalized spacial score (nSPS) is 10.1.